The molecule has 0 rings (SSSR count). The maximum atomic E-state index is 12.0. The Bertz CT molecular complexity index is 551. The lowest BCUT2D eigenvalue weighted by molar-refractivity contribution is 0.167. The molecule has 9 heteroatoms. The molecule has 0 aromatic carbocycles. The molecule has 1 atom stereocenters. The van der Waals surface area contributed by atoms with Gasteiger partial charge in [0.05, 0.1) is 18.9 Å². The molecule has 198 valence electrons. The van der Waals surface area contributed by atoms with E-state index >= 15 is 0 Å². The molecule has 0 radical (unpaired) electrons. The van der Waals surface area contributed by atoms with E-state index in [1.54, 1.807) is 11.8 Å². The van der Waals surface area contributed by atoms with Gasteiger partial charge in [-0.2, -0.15) is 11.8 Å². The molecular weight excluding hydrogens is 571 g/mol. The molecule has 0 saturated heterocycles. The average molecular weight is 621 g/mol. The van der Waals surface area contributed by atoms with Crippen LogP contribution in [-0.4, -0.2) is 55.9 Å². The van der Waals surface area contributed by atoms with Crippen LogP contribution in [0.5, 0.6) is 0 Å². The van der Waals surface area contributed by atoms with Crippen LogP contribution in [0.1, 0.15) is 103 Å². The number of carbonyl (C=O) groups excluding carboxylic acids is 1. The van der Waals surface area contributed by atoms with Gasteiger partial charge in [0.2, 0.25) is 10.0 Å². The number of nitrogens with one attached hydrogen (secondary N) is 2. The number of carbonyl (C=O) groups is 1. The first-order valence-corrected chi connectivity index (χ1v) is 17.2. The summed E-state index contributed by atoms with van der Waals surface area (Å²) in [5, 5.41) is 2.74. The number of halogens is 1. The fourth-order valence-corrected chi connectivity index (χ4v) is 6.63. The van der Waals surface area contributed by atoms with E-state index in [4.69, 9.17) is 0 Å². The number of amides is 1. The van der Waals surface area contributed by atoms with Crippen molar-refractivity contribution in [1.82, 2.24) is 10.0 Å². The lowest BCUT2D eigenvalue weighted by Crippen LogP contribution is -2.45. The summed E-state index contributed by atoms with van der Waals surface area (Å²) >= 11 is 3.93. The summed E-state index contributed by atoms with van der Waals surface area (Å²) in [5.41, 5.74) is 0. The summed E-state index contributed by atoms with van der Waals surface area (Å²) in [7, 11) is -1.98. The zero-order valence-electron chi connectivity index (χ0n) is 21.0. The molecule has 0 bridgehead atoms. The monoisotopic (exact) mass is 620 g/mol. The molecular formula is C24H49IN2O4S2. The third-order valence-electron chi connectivity index (χ3n) is 5.56. The Hall–Kier alpha value is 0.260. The van der Waals surface area contributed by atoms with Crippen molar-refractivity contribution in [2.75, 3.05) is 35.3 Å². The number of sulfonamides is 1. The third kappa shape index (κ3) is 23.8. The van der Waals surface area contributed by atoms with Crippen molar-refractivity contribution in [3.63, 3.8) is 0 Å². The standard InChI is InChI=1S/C24H49IN2O4S2/c1-3-4-5-6-7-8-9-10-11-12-13-14-15-16-19-32-22-23(27-24(28)31-2)21-26-33(29,30)20-17-18-25/h23,26H,3-22H2,1-2H3,(H,27,28). The molecule has 0 fully saturated rings. The summed E-state index contributed by atoms with van der Waals surface area (Å²) < 4.78 is 32.1. The summed E-state index contributed by atoms with van der Waals surface area (Å²) in [6.07, 6.45) is 19.0. The number of alkyl carbamates (subject to hydrolysis) is 1. The van der Waals surface area contributed by atoms with Crippen molar-refractivity contribution in [2.24, 2.45) is 0 Å². The second-order valence-electron chi connectivity index (χ2n) is 8.71. The van der Waals surface area contributed by atoms with Gasteiger partial charge in [-0.3, -0.25) is 0 Å². The van der Waals surface area contributed by atoms with E-state index in [9.17, 15) is 13.2 Å². The van der Waals surface area contributed by atoms with Gasteiger partial charge in [0.15, 0.2) is 0 Å². The second-order valence-corrected chi connectivity index (χ2v) is 12.9. The lowest BCUT2D eigenvalue weighted by Gasteiger charge is -2.18. The molecule has 0 heterocycles. The van der Waals surface area contributed by atoms with Crippen LogP contribution in [0.3, 0.4) is 0 Å². The van der Waals surface area contributed by atoms with Crippen LogP contribution in [0.4, 0.5) is 4.79 Å². The molecule has 0 aromatic rings. The van der Waals surface area contributed by atoms with E-state index in [1.807, 2.05) is 0 Å². The SMILES string of the molecule is CCCCCCCCCCCCCCCCSCC(CNS(=O)(=O)CCCI)NC(=O)OC. The van der Waals surface area contributed by atoms with Gasteiger partial charge in [-0.25, -0.2) is 17.9 Å². The van der Waals surface area contributed by atoms with E-state index in [0.717, 1.165) is 16.6 Å². The quantitative estimate of drug-likeness (QED) is 0.0716. The number of thioether (sulfide) groups is 1. The summed E-state index contributed by atoms with van der Waals surface area (Å²) in [5.74, 6) is 1.81. The second kappa shape index (κ2) is 24.0. The minimum Gasteiger partial charge on any atom is -0.453 e. The van der Waals surface area contributed by atoms with Crippen LogP contribution >= 0.6 is 34.4 Å². The molecule has 0 aliphatic carbocycles. The van der Waals surface area contributed by atoms with E-state index in [0.29, 0.717) is 12.2 Å². The smallest absolute Gasteiger partial charge is 0.407 e. The van der Waals surface area contributed by atoms with Crippen molar-refractivity contribution < 1.29 is 17.9 Å². The highest BCUT2D eigenvalue weighted by Crippen LogP contribution is 2.14. The summed E-state index contributed by atoms with van der Waals surface area (Å²) in [4.78, 5) is 11.6. The van der Waals surface area contributed by atoms with Crippen LogP contribution in [0, 0.1) is 0 Å². The van der Waals surface area contributed by atoms with Gasteiger partial charge in [0.25, 0.3) is 0 Å². The van der Waals surface area contributed by atoms with E-state index < -0.39 is 16.1 Å². The van der Waals surface area contributed by atoms with Crippen molar-refractivity contribution in [2.45, 2.75) is 109 Å². The fraction of sp³-hybridized carbons (Fsp3) is 0.958. The zero-order valence-corrected chi connectivity index (χ0v) is 24.8. The van der Waals surface area contributed by atoms with Crippen LogP contribution in [0.2, 0.25) is 0 Å². The number of rotatable bonds is 24. The first-order chi connectivity index (χ1) is 15.9. The molecule has 0 aliphatic heterocycles. The number of unbranched alkanes of at least 4 members (excludes halogenated alkanes) is 13. The Labute approximate surface area is 222 Å². The van der Waals surface area contributed by atoms with Crippen molar-refractivity contribution in [1.29, 1.82) is 0 Å². The van der Waals surface area contributed by atoms with Crippen LogP contribution < -0.4 is 10.0 Å². The van der Waals surface area contributed by atoms with E-state index in [-0.39, 0.29) is 18.3 Å². The Morgan fingerprint density at radius 3 is 1.88 bits per heavy atom. The van der Waals surface area contributed by atoms with Gasteiger partial charge < -0.3 is 10.1 Å². The first-order valence-electron chi connectivity index (χ1n) is 12.9. The molecule has 33 heavy (non-hydrogen) atoms. The van der Waals surface area contributed by atoms with Gasteiger partial charge in [0.1, 0.15) is 0 Å². The number of ether oxygens (including phenoxy) is 1. The van der Waals surface area contributed by atoms with Gasteiger partial charge in [0, 0.05) is 16.7 Å². The summed E-state index contributed by atoms with van der Waals surface area (Å²) in [6, 6.07) is -0.275. The summed E-state index contributed by atoms with van der Waals surface area (Å²) in [6.45, 7) is 2.47. The Morgan fingerprint density at radius 2 is 1.39 bits per heavy atom. The molecule has 0 aliphatic rings. The molecule has 0 spiro atoms. The Morgan fingerprint density at radius 1 is 0.879 bits per heavy atom. The topological polar surface area (TPSA) is 84.5 Å². The highest BCUT2D eigenvalue weighted by Gasteiger charge is 2.17. The van der Waals surface area contributed by atoms with E-state index in [1.165, 1.54) is 90.6 Å². The molecule has 2 N–H and O–H groups in total. The molecule has 0 aromatic heterocycles. The molecule has 1 amide bonds. The van der Waals surface area contributed by atoms with Crippen molar-refractivity contribution in [3.05, 3.63) is 0 Å². The van der Waals surface area contributed by atoms with Gasteiger partial charge in [-0.1, -0.05) is 113 Å². The minimum absolute atomic E-state index is 0.118. The van der Waals surface area contributed by atoms with Gasteiger partial charge >= 0.3 is 6.09 Å². The average Bonchev–Trinajstić information content (AvgIpc) is 2.80. The van der Waals surface area contributed by atoms with Crippen molar-refractivity contribution >= 4 is 50.5 Å². The Kier molecular flexibility index (Phi) is 24.2. The largest absolute Gasteiger partial charge is 0.453 e. The van der Waals surface area contributed by atoms with Gasteiger partial charge in [-0.05, 0) is 18.6 Å². The van der Waals surface area contributed by atoms with Crippen LogP contribution in [0.25, 0.3) is 0 Å². The maximum absolute atomic E-state index is 12.0. The molecule has 1 unspecified atom stereocenters. The highest BCUT2D eigenvalue weighted by atomic mass is 127. The minimum atomic E-state index is -3.30. The molecule has 0 saturated carbocycles. The fourth-order valence-electron chi connectivity index (χ4n) is 3.55. The highest BCUT2D eigenvalue weighted by molar-refractivity contribution is 14.1. The lowest BCUT2D eigenvalue weighted by atomic mass is 10.0. The first kappa shape index (κ1) is 33.3. The van der Waals surface area contributed by atoms with Crippen LogP contribution in [-0.2, 0) is 14.8 Å². The third-order valence-corrected chi connectivity index (χ3v) is 8.98. The number of alkyl halides is 1. The molecule has 6 nitrogen and oxygen atoms in total. The number of hydrogen-bond donors (Lipinski definition) is 2. The Balaban J connectivity index is 3.74. The number of hydrogen-bond acceptors (Lipinski definition) is 5. The predicted molar refractivity (Wildman–Crippen MR) is 152 cm³/mol. The number of methoxy groups -OCH3 is 1. The van der Waals surface area contributed by atoms with E-state index in [2.05, 4.69) is 44.3 Å². The predicted octanol–water partition coefficient (Wildman–Crippen LogP) is 6.67. The van der Waals surface area contributed by atoms with Crippen LogP contribution in [0.15, 0.2) is 0 Å². The van der Waals surface area contributed by atoms with Crippen molar-refractivity contribution in [3.8, 4) is 0 Å². The normalized spacial score (nSPS) is 12.6. The maximum Gasteiger partial charge on any atom is 0.407 e. The zero-order chi connectivity index (χ0) is 24.6. The van der Waals surface area contributed by atoms with Gasteiger partial charge in [-0.15, -0.1) is 0 Å².